The highest BCUT2D eigenvalue weighted by Gasteiger charge is 2.15. The molecule has 31 heavy (non-hydrogen) atoms. The van der Waals surface area contributed by atoms with Crippen molar-refractivity contribution in [1.29, 1.82) is 0 Å². The van der Waals surface area contributed by atoms with Crippen molar-refractivity contribution in [3.05, 3.63) is 35.4 Å². The molecule has 0 radical (unpaired) electrons. The number of halogens is 1. The van der Waals surface area contributed by atoms with Crippen LogP contribution in [0.3, 0.4) is 0 Å². The number of nitrogens with zero attached hydrogens (tertiary/aromatic N) is 3. The Kier molecular flexibility index (Phi) is 14.4. The van der Waals surface area contributed by atoms with Crippen LogP contribution in [0.2, 0.25) is 0 Å². The first-order valence-corrected chi connectivity index (χ1v) is 11.6. The second kappa shape index (κ2) is 15.8. The van der Waals surface area contributed by atoms with Crippen LogP contribution in [0.25, 0.3) is 0 Å². The van der Waals surface area contributed by atoms with Crippen LogP contribution in [0.15, 0.2) is 29.3 Å². The number of benzene rings is 1. The molecule has 1 aromatic rings. The zero-order valence-corrected chi connectivity index (χ0v) is 22.5. The molecule has 1 heterocycles. The highest BCUT2D eigenvalue weighted by atomic mass is 127. The average molecular weight is 546 g/mol. The maximum Gasteiger partial charge on any atom is 0.191 e. The van der Waals surface area contributed by atoms with Gasteiger partial charge in [0.1, 0.15) is 0 Å². The second-order valence-corrected chi connectivity index (χ2v) is 8.41. The first-order chi connectivity index (χ1) is 14.5. The Balaban J connectivity index is 0.00000480. The molecule has 1 aliphatic rings. The SMILES string of the molecule is CCOC(CCNC(=NC)NCc1ccc(CN2CCN(CC)CC2)cc1)C(C)C.I. The summed E-state index contributed by atoms with van der Waals surface area (Å²) in [5, 5.41) is 6.82. The largest absolute Gasteiger partial charge is 0.378 e. The molecule has 6 nitrogen and oxygen atoms in total. The predicted octanol–water partition coefficient (Wildman–Crippen LogP) is 3.56. The van der Waals surface area contributed by atoms with Crippen molar-refractivity contribution in [2.75, 3.05) is 52.9 Å². The summed E-state index contributed by atoms with van der Waals surface area (Å²) in [6.45, 7) is 18.0. The number of aliphatic imine (C=N–C) groups is 1. The van der Waals surface area contributed by atoms with Gasteiger partial charge in [0.2, 0.25) is 0 Å². The maximum absolute atomic E-state index is 5.82. The van der Waals surface area contributed by atoms with E-state index in [-0.39, 0.29) is 30.1 Å². The Morgan fingerprint density at radius 2 is 1.61 bits per heavy atom. The van der Waals surface area contributed by atoms with Gasteiger partial charge in [0, 0.05) is 59.5 Å². The molecule has 1 atom stereocenters. The van der Waals surface area contributed by atoms with Gasteiger partial charge in [-0.2, -0.15) is 0 Å². The lowest BCUT2D eigenvalue weighted by molar-refractivity contribution is 0.0258. The van der Waals surface area contributed by atoms with Crippen LogP contribution in [0.1, 0.15) is 45.2 Å². The molecular weight excluding hydrogens is 501 g/mol. The molecule has 0 aromatic heterocycles. The fourth-order valence-corrected chi connectivity index (χ4v) is 3.85. The van der Waals surface area contributed by atoms with Crippen LogP contribution in [-0.4, -0.2) is 74.8 Å². The zero-order chi connectivity index (χ0) is 21.8. The highest BCUT2D eigenvalue weighted by Crippen LogP contribution is 2.11. The van der Waals surface area contributed by atoms with E-state index in [1.807, 2.05) is 7.05 Å². The summed E-state index contributed by atoms with van der Waals surface area (Å²) in [6, 6.07) is 8.97. The van der Waals surface area contributed by atoms with Gasteiger partial charge in [-0.05, 0) is 36.9 Å². The quantitative estimate of drug-likeness (QED) is 0.253. The molecule has 178 valence electrons. The third-order valence-corrected chi connectivity index (χ3v) is 5.87. The van der Waals surface area contributed by atoms with E-state index in [9.17, 15) is 0 Å². The average Bonchev–Trinajstić information content (AvgIpc) is 2.76. The fraction of sp³-hybridized carbons (Fsp3) is 0.708. The lowest BCUT2D eigenvalue weighted by Crippen LogP contribution is -2.45. The van der Waals surface area contributed by atoms with Gasteiger partial charge in [-0.3, -0.25) is 9.89 Å². The van der Waals surface area contributed by atoms with Gasteiger partial charge in [-0.25, -0.2) is 0 Å². The number of nitrogens with one attached hydrogen (secondary N) is 2. The van der Waals surface area contributed by atoms with Gasteiger partial charge in [0.15, 0.2) is 5.96 Å². The minimum Gasteiger partial charge on any atom is -0.378 e. The van der Waals surface area contributed by atoms with E-state index in [1.165, 1.54) is 37.3 Å². The van der Waals surface area contributed by atoms with Crippen molar-refractivity contribution < 1.29 is 4.74 Å². The summed E-state index contributed by atoms with van der Waals surface area (Å²) < 4.78 is 5.82. The summed E-state index contributed by atoms with van der Waals surface area (Å²) in [7, 11) is 1.82. The predicted molar refractivity (Wildman–Crippen MR) is 142 cm³/mol. The Hall–Kier alpha value is -0.900. The van der Waals surface area contributed by atoms with E-state index >= 15 is 0 Å². The van der Waals surface area contributed by atoms with Gasteiger partial charge in [-0.1, -0.05) is 45.0 Å². The van der Waals surface area contributed by atoms with Crippen molar-refractivity contribution in [3.8, 4) is 0 Å². The summed E-state index contributed by atoms with van der Waals surface area (Å²) in [5.41, 5.74) is 2.66. The molecule has 0 aliphatic carbocycles. The smallest absolute Gasteiger partial charge is 0.191 e. The lowest BCUT2D eigenvalue weighted by Gasteiger charge is -2.34. The maximum atomic E-state index is 5.82. The molecule has 1 fully saturated rings. The zero-order valence-electron chi connectivity index (χ0n) is 20.2. The molecule has 1 unspecified atom stereocenters. The van der Waals surface area contributed by atoms with Gasteiger partial charge in [0.05, 0.1) is 6.10 Å². The molecule has 7 heteroatoms. The van der Waals surface area contributed by atoms with Crippen molar-refractivity contribution >= 4 is 29.9 Å². The van der Waals surface area contributed by atoms with Gasteiger partial charge in [-0.15, -0.1) is 24.0 Å². The summed E-state index contributed by atoms with van der Waals surface area (Å²) in [4.78, 5) is 9.42. The van der Waals surface area contributed by atoms with E-state index in [1.54, 1.807) is 0 Å². The van der Waals surface area contributed by atoms with Crippen molar-refractivity contribution in [2.24, 2.45) is 10.9 Å². The number of guanidine groups is 1. The molecule has 0 saturated carbocycles. The minimum absolute atomic E-state index is 0. The molecule has 1 aromatic carbocycles. The number of likely N-dealkylation sites (N-methyl/N-ethyl adjacent to an activating group) is 1. The molecule has 2 N–H and O–H groups in total. The Morgan fingerprint density at radius 1 is 1.00 bits per heavy atom. The van der Waals surface area contributed by atoms with Crippen LogP contribution < -0.4 is 10.6 Å². The topological polar surface area (TPSA) is 52.1 Å². The first kappa shape index (κ1) is 28.1. The van der Waals surface area contributed by atoms with E-state index in [4.69, 9.17) is 4.74 Å². The van der Waals surface area contributed by atoms with Crippen LogP contribution in [-0.2, 0) is 17.8 Å². The van der Waals surface area contributed by atoms with Crippen LogP contribution in [0.4, 0.5) is 0 Å². The van der Waals surface area contributed by atoms with Crippen molar-refractivity contribution in [2.45, 2.75) is 53.3 Å². The van der Waals surface area contributed by atoms with Crippen LogP contribution >= 0.6 is 24.0 Å². The lowest BCUT2D eigenvalue weighted by atomic mass is 10.0. The Bertz CT molecular complexity index is 615. The van der Waals surface area contributed by atoms with E-state index in [0.29, 0.717) is 5.92 Å². The number of piperazine rings is 1. The van der Waals surface area contributed by atoms with E-state index in [0.717, 1.165) is 45.2 Å². The third kappa shape index (κ3) is 10.5. The molecule has 0 bridgehead atoms. The third-order valence-electron chi connectivity index (χ3n) is 5.87. The molecule has 0 amide bonds. The number of hydrogen-bond donors (Lipinski definition) is 2. The first-order valence-electron chi connectivity index (χ1n) is 11.6. The van der Waals surface area contributed by atoms with Gasteiger partial charge < -0.3 is 20.3 Å². The monoisotopic (exact) mass is 545 g/mol. The summed E-state index contributed by atoms with van der Waals surface area (Å²) >= 11 is 0. The highest BCUT2D eigenvalue weighted by molar-refractivity contribution is 14.0. The van der Waals surface area contributed by atoms with Crippen LogP contribution in [0, 0.1) is 5.92 Å². The fourth-order valence-electron chi connectivity index (χ4n) is 3.85. The normalized spacial score (nSPS) is 16.8. The van der Waals surface area contributed by atoms with Crippen LogP contribution in [0.5, 0.6) is 0 Å². The number of ether oxygens (including phenoxy) is 1. The molecule has 1 aliphatic heterocycles. The summed E-state index contributed by atoms with van der Waals surface area (Å²) in [6.07, 6.45) is 1.27. The molecule has 0 spiro atoms. The van der Waals surface area contributed by atoms with E-state index < -0.39 is 0 Å². The van der Waals surface area contributed by atoms with Crippen molar-refractivity contribution in [3.63, 3.8) is 0 Å². The van der Waals surface area contributed by atoms with E-state index in [2.05, 4.69) is 77.4 Å². The standard InChI is InChI=1S/C24H43N5O.HI/c1-6-28-14-16-29(17-15-28)19-22-10-8-21(9-11-22)18-27-24(25-5)26-13-12-23(20(3)4)30-7-2;/h8-11,20,23H,6-7,12-19H2,1-5H3,(H2,25,26,27);1H. The second-order valence-electron chi connectivity index (χ2n) is 8.41. The molecular formula is C24H44IN5O. The van der Waals surface area contributed by atoms with Gasteiger partial charge >= 0.3 is 0 Å². The van der Waals surface area contributed by atoms with Gasteiger partial charge in [0.25, 0.3) is 0 Å². The van der Waals surface area contributed by atoms with Crippen molar-refractivity contribution in [1.82, 2.24) is 20.4 Å². The molecule has 2 rings (SSSR count). The minimum atomic E-state index is 0. The Morgan fingerprint density at radius 3 is 2.16 bits per heavy atom. The number of hydrogen-bond acceptors (Lipinski definition) is 4. The molecule has 1 saturated heterocycles. The number of rotatable bonds is 11. The summed E-state index contributed by atoms with van der Waals surface area (Å²) in [5.74, 6) is 1.36. The Labute approximate surface area is 207 Å².